The van der Waals surface area contributed by atoms with Crippen LogP contribution in [0.2, 0.25) is 0 Å². The molecule has 2 fully saturated rings. The van der Waals surface area contributed by atoms with Gasteiger partial charge in [0, 0.05) is 37.4 Å². The molecule has 102 valence electrons. The van der Waals surface area contributed by atoms with Crippen LogP contribution in [0.3, 0.4) is 0 Å². The van der Waals surface area contributed by atoms with Crippen molar-refractivity contribution < 1.29 is 4.57 Å². The van der Waals surface area contributed by atoms with E-state index in [-0.39, 0.29) is 0 Å². The highest BCUT2D eigenvalue weighted by Crippen LogP contribution is 2.68. The van der Waals surface area contributed by atoms with E-state index in [0.717, 1.165) is 26.1 Å². The molecule has 4 unspecified atom stereocenters. The second kappa shape index (κ2) is 3.85. The number of nitrogens with zero attached hydrogens (tertiary/aromatic N) is 3. The first kappa shape index (κ1) is 12.0. The Bertz CT molecular complexity index is 556. The third kappa shape index (κ3) is 1.63. The Morgan fingerprint density at radius 3 is 2.26 bits per heavy atom. The molecule has 4 atom stereocenters. The van der Waals surface area contributed by atoms with Gasteiger partial charge >= 0.3 is 7.59 Å². The van der Waals surface area contributed by atoms with Crippen LogP contribution in [0.15, 0.2) is 24.3 Å². The number of para-hydroxylation sites is 1. The number of hydrogen-bond acceptors (Lipinski definition) is 1. The predicted octanol–water partition coefficient (Wildman–Crippen LogP) is 2.57. The highest BCUT2D eigenvalue weighted by atomic mass is 31.2. The second-order valence-electron chi connectivity index (χ2n) is 5.96. The summed E-state index contributed by atoms with van der Waals surface area (Å²) in [7, 11) is -2.53. The van der Waals surface area contributed by atoms with Crippen LogP contribution in [0.5, 0.6) is 0 Å². The van der Waals surface area contributed by atoms with Crippen LogP contribution >= 0.6 is 7.59 Å². The van der Waals surface area contributed by atoms with Crippen LogP contribution in [0, 0.1) is 0 Å². The molecule has 3 aliphatic rings. The fraction of sp³-hybridized carbons (Fsp3) is 0.571. The Labute approximate surface area is 114 Å². The van der Waals surface area contributed by atoms with Crippen molar-refractivity contribution in [2.75, 3.05) is 24.3 Å². The van der Waals surface area contributed by atoms with Crippen molar-refractivity contribution >= 4 is 13.3 Å². The maximum Gasteiger partial charge on any atom is 0.311 e. The largest absolute Gasteiger partial charge is 0.311 e. The molecule has 5 heteroatoms. The average molecular weight is 277 g/mol. The minimum Gasteiger partial charge on any atom is -0.298 e. The molecule has 3 aliphatic heterocycles. The molecule has 1 aromatic carbocycles. The van der Waals surface area contributed by atoms with E-state index in [1.165, 1.54) is 11.3 Å². The monoisotopic (exact) mass is 277 g/mol. The molecule has 0 saturated carbocycles. The smallest absolute Gasteiger partial charge is 0.298 e. The molecule has 2 saturated heterocycles. The Kier molecular flexibility index (Phi) is 2.42. The first-order valence-corrected chi connectivity index (χ1v) is 8.69. The third-order valence-corrected chi connectivity index (χ3v) is 8.00. The fourth-order valence-corrected chi connectivity index (χ4v) is 6.80. The van der Waals surface area contributed by atoms with E-state index in [1.807, 2.05) is 0 Å². The van der Waals surface area contributed by atoms with Crippen molar-refractivity contribution in [3.63, 3.8) is 0 Å². The summed E-state index contributed by atoms with van der Waals surface area (Å²) in [6, 6.07) is 9.35. The fourth-order valence-electron chi connectivity index (χ4n) is 3.19. The van der Waals surface area contributed by atoms with E-state index in [1.54, 1.807) is 0 Å². The standard InChI is InChI=1S/C14H20N3OP/c1-11-9-16(11)19(18,17-10-12(17)2)15-8-7-13-5-3-4-6-14(13)15/h3-6,11-12H,7-10H2,1-2H3. The Morgan fingerprint density at radius 2 is 1.68 bits per heavy atom. The summed E-state index contributed by atoms with van der Waals surface area (Å²) in [5, 5.41) is 0. The quantitative estimate of drug-likeness (QED) is 0.626. The maximum absolute atomic E-state index is 13.7. The lowest BCUT2D eigenvalue weighted by Crippen LogP contribution is -2.27. The minimum atomic E-state index is -2.53. The summed E-state index contributed by atoms with van der Waals surface area (Å²) in [6.07, 6.45) is 1.02. The van der Waals surface area contributed by atoms with Gasteiger partial charge in [-0.3, -0.25) is 9.24 Å². The van der Waals surface area contributed by atoms with Crippen LogP contribution in [0.25, 0.3) is 0 Å². The molecule has 3 heterocycles. The molecule has 0 amide bonds. The van der Waals surface area contributed by atoms with Gasteiger partial charge in [-0.25, -0.2) is 9.34 Å². The van der Waals surface area contributed by atoms with Gasteiger partial charge in [0.25, 0.3) is 0 Å². The molecule has 19 heavy (non-hydrogen) atoms. The van der Waals surface area contributed by atoms with Crippen molar-refractivity contribution in [2.45, 2.75) is 32.4 Å². The zero-order valence-corrected chi connectivity index (χ0v) is 12.4. The molecule has 0 aliphatic carbocycles. The van der Waals surface area contributed by atoms with E-state index in [4.69, 9.17) is 0 Å². The van der Waals surface area contributed by atoms with Gasteiger partial charge in [0.1, 0.15) is 0 Å². The van der Waals surface area contributed by atoms with Crippen molar-refractivity contribution in [3.8, 4) is 0 Å². The first-order valence-electron chi connectivity index (χ1n) is 7.12. The molecule has 1 aromatic rings. The molecule has 0 radical (unpaired) electrons. The second-order valence-corrected chi connectivity index (χ2v) is 8.49. The summed E-state index contributed by atoms with van der Waals surface area (Å²) in [5.41, 5.74) is 2.52. The van der Waals surface area contributed by atoms with Crippen LogP contribution in [-0.2, 0) is 11.0 Å². The van der Waals surface area contributed by atoms with Gasteiger partial charge in [-0.1, -0.05) is 18.2 Å². The van der Waals surface area contributed by atoms with E-state index in [2.05, 4.69) is 52.1 Å². The van der Waals surface area contributed by atoms with Crippen molar-refractivity contribution in [3.05, 3.63) is 29.8 Å². The Morgan fingerprint density at radius 1 is 1.11 bits per heavy atom. The van der Waals surface area contributed by atoms with Crippen LogP contribution < -0.4 is 4.67 Å². The van der Waals surface area contributed by atoms with Gasteiger partial charge < -0.3 is 0 Å². The summed E-state index contributed by atoms with van der Waals surface area (Å²) >= 11 is 0. The van der Waals surface area contributed by atoms with E-state index < -0.39 is 7.59 Å². The maximum atomic E-state index is 13.7. The summed E-state index contributed by atoms with van der Waals surface area (Å²) < 4.78 is 20.3. The zero-order chi connectivity index (χ0) is 13.2. The molecular formula is C14H20N3OP. The Balaban J connectivity index is 1.75. The number of benzene rings is 1. The molecule has 0 spiro atoms. The predicted molar refractivity (Wildman–Crippen MR) is 77.4 cm³/mol. The first-order chi connectivity index (χ1) is 9.12. The van der Waals surface area contributed by atoms with Gasteiger partial charge in [0.2, 0.25) is 0 Å². The summed E-state index contributed by atoms with van der Waals surface area (Å²) in [4.78, 5) is 0. The highest BCUT2D eigenvalue weighted by molar-refractivity contribution is 7.61. The molecule has 4 rings (SSSR count). The van der Waals surface area contributed by atoms with Gasteiger partial charge in [0.15, 0.2) is 0 Å². The lowest BCUT2D eigenvalue weighted by atomic mass is 10.2. The third-order valence-electron chi connectivity index (χ3n) is 4.50. The van der Waals surface area contributed by atoms with Gasteiger partial charge in [-0.2, -0.15) is 0 Å². The SMILES string of the molecule is CC1CN1P(=O)(N1CCc2ccccc21)N1CC1C. The van der Waals surface area contributed by atoms with Gasteiger partial charge in [0.05, 0.1) is 0 Å². The minimum absolute atomic E-state index is 0.464. The summed E-state index contributed by atoms with van der Waals surface area (Å²) in [5.74, 6) is 0. The van der Waals surface area contributed by atoms with E-state index in [9.17, 15) is 4.57 Å². The normalized spacial score (nSPS) is 38.7. The van der Waals surface area contributed by atoms with Crippen molar-refractivity contribution in [1.29, 1.82) is 0 Å². The van der Waals surface area contributed by atoms with Crippen LogP contribution in [-0.4, -0.2) is 41.1 Å². The molecule has 0 bridgehead atoms. The number of anilines is 1. The molecule has 4 nitrogen and oxygen atoms in total. The molecular weight excluding hydrogens is 257 g/mol. The van der Waals surface area contributed by atoms with Gasteiger partial charge in [-0.05, 0) is 31.9 Å². The lowest BCUT2D eigenvalue weighted by molar-refractivity contribution is 0.501. The van der Waals surface area contributed by atoms with Gasteiger partial charge in [-0.15, -0.1) is 0 Å². The number of fused-ring (bicyclic) bond motifs is 1. The zero-order valence-electron chi connectivity index (χ0n) is 11.5. The molecule has 0 N–H and O–H groups in total. The van der Waals surface area contributed by atoms with Crippen molar-refractivity contribution in [2.24, 2.45) is 0 Å². The average Bonchev–Trinajstić information content (AvgIpc) is 3.27. The van der Waals surface area contributed by atoms with Crippen LogP contribution in [0.4, 0.5) is 5.69 Å². The molecule has 0 aromatic heterocycles. The number of rotatable bonds is 3. The van der Waals surface area contributed by atoms with Crippen LogP contribution in [0.1, 0.15) is 19.4 Å². The lowest BCUT2D eigenvalue weighted by Gasteiger charge is -2.32. The number of hydrogen-bond donors (Lipinski definition) is 0. The Hall–Kier alpha value is -0.830. The van der Waals surface area contributed by atoms with E-state index in [0.29, 0.717) is 12.1 Å². The topological polar surface area (TPSA) is 26.3 Å². The van der Waals surface area contributed by atoms with Crippen molar-refractivity contribution in [1.82, 2.24) is 9.34 Å². The summed E-state index contributed by atoms with van der Waals surface area (Å²) in [6.45, 7) is 7.17. The van der Waals surface area contributed by atoms with E-state index >= 15 is 0 Å². The highest BCUT2D eigenvalue weighted by Gasteiger charge is 2.59.